The summed E-state index contributed by atoms with van der Waals surface area (Å²) in [5.41, 5.74) is 6.88. The highest BCUT2D eigenvalue weighted by Gasteiger charge is 2.28. The Labute approximate surface area is 105 Å². The lowest BCUT2D eigenvalue weighted by molar-refractivity contribution is 0.0748. The van der Waals surface area contributed by atoms with Gasteiger partial charge in [-0.05, 0) is 25.8 Å². The van der Waals surface area contributed by atoms with E-state index in [1.807, 2.05) is 4.90 Å². The van der Waals surface area contributed by atoms with Crippen LogP contribution in [0.4, 0.5) is 5.69 Å². The predicted octanol–water partition coefficient (Wildman–Crippen LogP) is 1.62. The van der Waals surface area contributed by atoms with Crippen LogP contribution in [0.5, 0.6) is 11.5 Å². The molecule has 0 saturated carbocycles. The van der Waals surface area contributed by atoms with Crippen LogP contribution in [0.2, 0.25) is 0 Å². The van der Waals surface area contributed by atoms with Crippen molar-refractivity contribution in [3.63, 3.8) is 0 Å². The zero-order valence-corrected chi connectivity index (χ0v) is 10.3. The van der Waals surface area contributed by atoms with Crippen molar-refractivity contribution in [3.8, 4) is 11.5 Å². The summed E-state index contributed by atoms with van der Waals surface area (Å²) in [5.74, 6) is 1.19. The van der Waals surface area contributed by atoms with Crippen LogP contribution >= 0.6 is 0 Å². The molecule has 1 saturated heterocycles. The summed E-state index contributed by atoms with van der Waals surface area (Å²) in [6.45, 7) is 3.05. The summed E-state index contributed by atoms with van der Waals surface area (Å²) in [5, 5.41) is 0. The molecular formula is C13H16N2O3. The van der Waals surface area contributed by atoms with Crippen LogP contribution in [0, 0.1) is 0 Å². The van der Waals surface area contributed by atoms with Gasteiger partial charge in [-0.25, -0.2) is 0 Å². The first-order valence-electron chi connectivity index (χ1n) is 6.17. The number of amides is 1. The minimum absolute atomic E-state index is 0.0178. The molecule has 2 N–H and O–H groups in total. The zero-order valence-electron chi connectivity index (χ0n) is 10.3. The van der Waals surface area contributed by atoms with Gasteiger partial charge in [0.25, 0.3) is 5.91 Å². The summed E-state index contributed by atoms with van der Waals surface area (Å²) >= 11 is 0. The molecule has 0 bridgehead atoms. The molecule has 0 radical (unpaired) electrons. The molecule has 5 heteroatoms. The Morgan fingerprint density at radius 2 is 2.11 bits per heavy atom. The summed E-state index contributed by atoms with van der Waals surface area (Å²) < 4.78 is 10.5. The van der Waals surface area contributed by atoms with Gasteiger partial charge < -0.3 is 20.1 Å². The Hall–Kier alpha value is -1.91. The molecule has 5 nitrogen and oxygen atoms in total. The van der Waals surface area contributed by atoms with E-state index in [2.05, 4.69) is 6.92 Å². The smallest absolute Gasteiger partial charge is 0.256 e. The van der Waals surface area contributed by atoms with Crippen molar-refractivity contribution in [1.82, 2.24) is 4.90 Å². The summed E-state index contributed by atoms with van der Waals surface area (Å²) in [6, 6.07) is 3.63. The van der Waals surface area contributed by atoms with Crippen LogP contribution in [0.3, 0.4) is 0 Å². The van der Waals surface area contributed by atoms with Crippen molar-refractivity contribution in [1.29, 1.82) is 0 Å². The third-order valence-electron chi connectivity index (χ3n) is 3.59. The fourth-order valence-electron chi connectivity index (χ4n) is 2.53. The zero-order chi connectivity index (χ0) is 12.7. The maximum atomic E-state index is 12.4. The van der Waals surface area contributed by atoms with Crippen molar-refractivity contribution in [2.24, 2.45) is 0 Å². The number of carbonyl (C=O) groups excluding carboxylic acids is 1. The molecule has 2 aliphatic heterocycles. The predicted molar refractivity (Wildman–Crippen MR) is 66.7 cm³/mol. The van der Waals surface area contributed by atoms with E-state index in [-0.39, 0.29) is 18.7 Å². The summed E-state index contributed by atoms with van der Waals surface area (Å²) in [7, 11) is 0. The maximum Gasteiger partial charge on any atom is 0.256 e. The van der Waals surface area contributed by atoms with Gasteiger partial charge in [-0.3, -0.25) is 4.79 Å². The molecule has 2 heterocycles. The van der Waals surface area contributed by atoms with E-state index in [9.17, 15) is 4.79 Å². The van der Waals surface area contributed by atoms with Crippen molar-refractivity contribution in [3.05, 3.63) is 17.7 Å². The standard InChI is InChI=1S/C13H16N2O3/c1-8-3-2-4-15(8)13(16)9-5-11-12(6-10(9)14)18-7-17-11/h5-6,8H,2-4,7,14H2,1H3. The number of likely N-dealkylation sites (tertiary alicyclic amines) is 1. The quantitative estimate of drug-likeness (QED) is 0.767. The van der Waals surface area contributed by atoms with E-state index in [1.54, 1.807) is 12.1 Å². The van der Waals surface area contributed by atoms with Crippen LogP contribution in [0.15, 0.2) is 12.1 Å². The van der Waals surface area contributed by atoms with Crippen LogP contribution in [0.25, 0.3) is 0 Å². The SMILES string of the molecule is CC1CCCN1C(=O)c1cc2c(cc1N)OCO2. The molecule has 1 aromatic rings. The van der Waals surface area contributed by atoms with Crippen LogP contribution in [0.1, 0.15) is 30.1 Å². The number of fused-ring (bicyclic) bond motifs is 1. The highest BCUT2D eigenvalue weighted by molar-refractivity contribution is 6.00. The molecule has 2 aliphatic rings. The second kappa shape index (κ2) is 4.08. The van der Waals surface area contributed by atoms with Gasteiger partial charge >= 0.3 is 0 Å². The van der Waals surface area contributed by atoms with E-state index >= 15 is 0 Å². The van der Waals surface area contributed by atoms with Crippen molar-refractivity contribution in [2.45, 2.75) is 25.8 Å². The summed E-state index contributed by atoms with van der Waals surface area (Å²) in [6.07, 6.45) is 2.10. The summed E-state index contributed by atoms with van der Waals surface area (Å²) in [4.78, 5) is 14.3. The van der Waals surface area contributed by atoms with Gasteiger partial charge in [-0.1, -0.05) is 0 Å². The molecule has 1 aromatic carbocycles. The molecule has 0 aliphatic carbocycles. The minimum Gasteiger partial charge on any atom is -0.454 e. The third-order valence-corrected chi connectivity index (χ3v) is 3.59. The highest BCUT2D eigenvalue weighted by atomic mass is 16.7. The van der Waals surface area contributed by atoms with Gasteiger partial charge in [0.2, 0.25) is 6.79 Å². The number of benzene rings is 1. The monoisotopic (exact) mass is 248 g/mol. The van der Waals surface area contributed by atoms with E-state index in [1.165, 1.54) is 0 Å². The molecular weight excluding hydrogens is 232 g/mol. The number of ether oxygens (including phenoxy) is 2. The Morgan fingerprint density at radius 1 is 1.39 bits per heavy atom. The molecule has 1 fully saturated rings. The fourth-order valence-corrected chi connectivity index (χ4v) is 2.53. The molecule has 0 spiro atoms. The Morgan fingerprint density at radius 3 is 2.78 bits per heavy atom. The Balaban J connectivity index is 1.94. The van der Waals surface area contributed by atoms with E-state index in [4.69, 9.17) is 15.2 Å². The Bertz CT molecular complexity index is 501. The van der Waals surface area contributed by atoms with Gasteiger partial charge in [0.05, 0.1) is 5.56 Å². The normalized spacial score (nSPS) is 21.4. The van der Waals surface area contributed by atoms with Gasteiger partial charge in [-0.15, -0.1) is 0 Å². The number of hydrogen-bond donors (Lipinski definition) is 1. The van der Waals surface area contributed by atoms with Gasteiger partial charge in [-0.2, -0.15) is 0 Å². The molecule has 1 unspecified atom stereocenters. The Kier molecular flexibility index (Phi) is 2.54. The lowest BCUT2D eigenvalue weighted by Crippen LogP contribution is -2.34. The first-order chi connectivity index (χ1) is 8.66. The number of rotatable bonds is 1. The molecule has 18 heavy (non-hydrogen) atoms. The maximum absolute atomic E-state index is 12.4. The fraction of sp³-hybridized carbons (Fsp3) is 0.462. The van der Waals surface area contributed by atoms with Crippen molar-refractivity contribution < 1.29 is 14.3 Å². The van der Waals surface area contributed by atoms with Crippen LogP contribution in [-0.2, 0) is 0 Å². The average Bonchev–Trinajstić information content (AvgIpc) is 2.95. The van der Waals surface area contributed by atoms with Gasteiger partial charge in [0.15, 0.2) is 11.5 Å². The lowest BCUT2D eigenvalue weighted by atomic mass is 10.1. The number of anilines is 1. The van der Waals surface area contributed by atoms with Crippen molar-refractivity contribution >= 4 is 11.6 Å². The molecule has 96 valence electrons. The molecule has 1 atom stereocenters. The highest BCUT2D eigenvalue weighted by Crippen LogP contribution is 2.36. The molecule has 3 rings (SSSR count). The second-order valence-electron chi connectivity index (χ2n) is 4.78. The molecule has 1 amide bonds. The van der Waals surface area contributed by atoms with Crippen molar-refractivity contribution in [2.75, 3.05) is 19.1 Å². The number of carbonyl (C=O) groups is 1. The molecule has 0 aromatic heterocycles. The minimum atomic E-state index is -0.0178. The first-order valence-corrected chi connectivity index (χ1v) is 6.17. The number of nitrogens with two attached hydrogens (primary N) is 1. The van der Waals surface area contributed by atoms with E-state index in [0.717, 1.165) is 19.4 Å². The first kappa shape index (κ1) is 11.2. The van der Waals surface area contributed by atoms with Gasteiger partial charge in [0.1, 0.15) is 0 Å². The lowest BCUT2D eigenvalue weighted by Gasteiger charge is -2.22. The van der Waals surface area contributed by atoms with E-state index in [0.29, 0.717) is 22.7 Å². The van der Waals surface area contributed by atoms with Gasteiger partial charge in [0, 0.05) is 24.3 Å². The number of hydrogen-bond acceptors (Lipinski definition) is 4. The number of nitrogens with zero attached hydrogens (tertiary/aromatic N) is 1. The van der Waals surface area contributed by atoms with Crippen LogP contribution < -0.4 is 15.2 Å². The number of nitrogen functional groups attached to an aromatic ring is 1. The second-order valence-corrected chi connectivity index (χ2v) is 4.78. The largest absolute Gasteiger partial charge is 0.454 e. The third kappa shape index (κ3) is 1.66. The van der Waals surface area contributed by atoms with E-state index < -0.39 is 0 Å². The van der Waals surface area contributed by atoms with Crippen LogP contribution in [-0.4, -0.2) is 30.2 Å². The average molecular weight is 248 g/mol. The topological polar surface area (TPSA) is 64.8 Å².